The minimum atomic E-state index is 0.186. The van der Waals surface area contributed by atoms with Crippen molar-refractivity contribution in [3.63, 3.8) is 0 Å². The SMILES string of the molecule is CC(Cn1ccnc1)n1c(-c2ccccc2)n[nH]c1=S. The van der Waals surface area contributed by atoms with Gasteiger partial charge >= 0.3 is 0 Å². The molecule has 1 N–H and O–H groups in total. The number of nitrogens with one attached hydrogen (secondary N) is 1. The summed E-state index contributed by atoms with van der Waals surface area (Å²) in [5, 5.41) is 7.24. The Morgan fingerprint density at radius 3 is 2.80 bits per heavy atom. The highest BCUT2D eigenvalue weighted by Gasteiger charge is 2.14. The van der Waals surface area contributed by atoms with Gasteiger partial charge in [0.1, 0.15) is 0 Å². The van der Waals surface area contributed by atoms with E-state index in [2.05, 4.69) is 22.1 Å². The Morgan fingerprint density at radius 2 is 2.10 bits per heavy atom. The van der Waals surface area contributed by atoms with Crippen LogP contribution in [0.1, 0.15) is 13.0 Å². The maximum Gasteiger partial charge on any atom is 0.195 e. The average Bonchev–Trinajstić information content (AvgIpc) is 3.09. The molecule has 1 aromatic carbocycles. The van der Waals surface area contributed by atoms with Crippen molar-refractivity contribution in [3.05, 3.63) is 53.8 Å². The summed E-state index contributed by atoms with van der Waals surface area (Å²) in [6, 6.07) is 10.2. The third kappa shape index (κ3) is 2.42. The third-order valence-corrected chi connectivity index (χ3v) is 3.50. The smallest absolute Gasteiger partial charge is 0.195 e. The van der Waals surface area contributed by atoms with Crippen LogP contribution in [-0.2, 0) is 6.54 Å². The lowest BCUT2D eigenvalue weighted by Crippen LogP contribution is -2.13. The molecule has 0 radical (unpaired) electrons. The van der Waals surface area contributed by atoms with E-state index >= 15 is 0 Å². The Balaban J connectivity index is 1.97. The maximum absolute atomic E-state index is 5.36. The number of hydrogen-bond acceptors (Lipinski definition) is 3. The largest absolute Gasteiger partial charge is 0.335 e. The summed E-state index contributed by atoms with van der Waals surface area (Å²) in [4.78, 5) is 4.06. The number of rotatable bonds is 4. The summed E-state index contributed by atoms with van der Waals surface area (Å²) < 4.78 is 4.72. The highest BCUT2D eigenvalue weighted by molar-refractivity contribution is 7.71. The van der Waals surface area contributed by atoms with Gasteiger partial charge in [-0.1, -0.05) is 30.3 Å². The first kappa shape index (κ1) is 12.8. The van der Waals surface area contributed by atoms with Crippen LogP contribution in [0.4, 0.5) is 0 Å². The van der Waals surface area contributed by atoms with E-state index in [9.17, 15) is 0 Å². The first-order valence-corrected chi connectivity index (χ1v) is 6.84. The van der Waals surface area contributed by atoms with Crippen molar-refractivity contribution < 1.29 is 0 Å². The zero-order chi connectivity index (χ0) is 13.9. The van der Waals surface area contributed by atoms with Gasteiger partial charge in [-0.15, -0.1) is 0 Å². The topological polar surface area (TPSA) is 51.4 Å². The molecule has 0 saturated carbocycles. The van der Waals surface area contributed by atoms with E-state index in [-0.39, 0.29) is 6.04 Å². The summed E-state index contributed by atoms with van der Waals surface area (Å²) in [5.74, 6) is 0.864. The van der Waals surface area contributed by atoms with Gasteiger partial charge < -0.3 is 4.57 Å². The first-order valence-electron chi connectivity index (χ1n) is 6.44. The van der Waals surface area contributed by atoms with E-state index in [0.29, 0.717) is 4.77 Å². The van der Waals surface area contributed by atoms with E-state index in [1.165, 1.54) is 0 Å². The third-order valence-electron chi connectivity index (χ3n) is 3.21. The van der Waals surface area contributed by atoms with E-state index < -0.39 is 0 Å². The number of aromatic nitrogens is 5. The van der Waals surface area contributed by atoms with Gasteiger partial charge in [-0.25, -0.2) is 4.98 Å². The molecule has 1 unspecified atom stereocenters. The summed E-state index contributed by atoms with van der Waals surface area (Å²) in [7, 11) is 0. The summed E-state index contributed by atoms with van der Waals surface area (Å²) in [6.07, 6.45) is 5.53. The van der Waals surface area contributed by atoms with Crippen molar-refractivity contribution in [2.45, 2.75) is 19.5 Å². The Hall–Kier alpha value is -2.21. The molecule has 0 spiro atoms. The van der Waals surface area contributed by atoms with E-state index in [0.717, 1.165) is 17.9 Å². The van der Waals surface area contributed by atoms with Crippen molar-refractivity contribution >= 4 is 12.2 Å². The van der Waals surface area contributed by atoms with Crippen molar-refractivity contribution in [2.24, 2.45) is 0 Å². The number of aromatic amines is 1. The minimum absolute atomic E-state index is 0.186. The molecule has 0 bridgehead atoms. The van der Waals surface area contributed by atoms with Gasteiger partial charge in [-0.3, -0.25) is 9.67 Å². The lowest BCUT2D eigenvalue weighted by atomic mass is 10.2. The van der Waals surface area contributed by atoms with Gasteiger partial charge in [-0.2, -0.15) is 5.10 Å². The molecule has 2 aromatic heterocycles. The lowest BCUT2D eigenvalue weighted by Gasteiger charge is -2.16. The molecule has 3 rings (SSSR count). The molecule has 0 fully saturated rings. The van der Waals surface area contributed by atoms with Crippen LogP contribution < -0.4 is 0 Å². The fourth-order valence-corrected chi connectivity index (χ4v) is 2.60. The minimum Gasteiger partial charge on any atom is -0.335 e. The van der Waals surface area contributed by atoms with Crippen LogP contribution in [0.15, 0.2) is 49.1 Å². The van der Waals surface area contributed by atoms with Crippen molar-refractivity contribution in [1.82, 2.24) is 24.3 Å². The van der Waals surface area contributed by atoms with Crippen LogP contribution in [0.2, 0.25) is 0 Å². The van der Waals surface area contributed by atoms with Crippen LogP contribution in [0, 0.1) is 4.77 Å². The van der Waals surface area contributed by atoms with E-state index in [1.54, 1.807) is 6.20 Å². The van der Waals surface area contributed by atoms with Crippen molar-refractivity contribution in [3.8, 4) is 11.4 Å². The zero-order valence-corrected chi connectivity index (χ0v) is 11.9. The van der Waals surface area contributed by atoms with Crippen molar-refractivity contribution in [2.75, 3.05) is 0 Å². The Bertz CT molecular complexity index is 727. The monoisotopic (exact) mass is 285 g/mol. The maximum atomic E-state index is 5.36. The molecule has 102 valence electrons. The summed E-state index contributed by atoms with van der Waals surface area (Å²) in [6.45, 7) is 2.92. The fraction of sp³-hybridized carbons (Fsp3) is 0.214. The normalized spacial score (nSPS) is 12.4. The van der Waals surface area contributed by atoms with E-state index in [4.69, 9.17) is 12.2 Å². The van der Waals surface area contributed by atoms with Crippen LogP contribution in [-0.4, -0.2) is 24.3 Å². The Labute approximate surface area is 121 Å². The molecule has 5 nitrogen and oxygen atoms in total. The predicted molar refractivity (Wildman–Crippen MR) is 79.8 cm³/mol. The Morgan fingerprint density at radius 1 is 1.30 bits per heavy atom. The first-order chi connectivity index (χ1) is 9.75. The predicted octanol–water partition coefficient (Wildman–Crippen LogP) is 3.07. The van der Waals surface area contributed by atoms with Crippen LogP contribution >= 0.6 is 12.2 Å². The molecular formula is C14H15N5S. The van der Waals surface area contributed by atoms with Crippen LogP contribution in [0.5, 0.6) is 0 Å². The quantitative estimate of drug-likeness (QED) is 0.750. The molecule has 2 heterocycles. The average molecular weight is 285 g/mol. The van der Waals surface area contributed by atoms with Gasteiger partial charge in [0.15, 0.2) is 10.6 Å². The zero-order valence-electron chi connectivity index (χ0n) is 11.1. The number of benzene rings is 1. The molecule has 0 aliphatic rings. The standard InChI is InChI=1S/C14H15N5S/c1-11(9-18-8-7-15-10-18)19-13(16-17-14(19)20)12-5-3-2-4-6-12/h2-8,10-11H,9H2,1H3,(H,17,20). The molecule has 3 aromatic rings. The van der Waals surface area contributed by atoms with Gasteiger partial charge in [0, 0.05) is 24.5 Å². The molecule has 0 amide bonds. The van der Waals surface area contributed by atoms with Crippen LogP contribution in [0.25, 0.3) is 11.4 Å². The second-order valence-electron chi connectivity index (χ2n) is 4.70. The molecule has 0 aliphatic carbocycles. The number of hydrogen-bond donors (Lipinski definition) is 1. The highest BCUT2D eigenvalue weighted by atomic mass is 32.1. The Kier molecular flexibility index (Phi) is 3.47. The molecule has 1 atom stereocenters. The summed E-state index contributed by atoms with van der Waals surface area (Å²) in [5.41, 5.74) is 1.05. The number of nitrogens with zero attached hydrogens (tertiary/aromatic N) is 4. The molecule has 20 heavy (non-hydrogen) atoms. The molecular weight excluding hydrogens is 270 g/mol. The lowest BCUT2D eigenvalue weighted by molar-refractivity contribution is 0.463. The highest BCUT2D eigenvalue weighted by Crippen LogP contribution is 2.21. The van der Waals surface area contributed by atoms with Gasteiger partial charge in [0.25, 0.3) is 0 Å². The number of imidazole rings is 1. The number of H-pyrrole nitrogens is 1. The van der Waals surface area contributed by atoms with Gasteiger partial charge in [-0.05, 0) is 19.1 Å². The van der Waals surface area contributed by atoms with Gasteiger partial charge in [0.2, 0.25) is 0 Å². The van der Waals surface area contributed by atoms with E-state index in [1.807, 2.05) is 52.0 Å². The summed E-state index contributed by atoms with van der Waals surface area (Å²) >= 11 is 5.36. The molecule has 0 saturated heterocycles. The van der Waals surface area contributed by atoms with Crippen LogP contribution in [0.3, 0.4) is 0 Å². The molecule has 0 aliphatic heterocycles. The molecule has 6 heteroatoms. The second-order valence-corrected chi connectivity index (χ2v) is 5.08. The van der Waals surface area contributed by atoms with Gasteiger partial charge in [0.05, 0.1) is 12.4 Å². The van der Waals surface area contributed by atoms with Crippen molar-refractivity contribution in [1.29, 1.82) is 0 Å². The fourth-order valence-electron chi connectivity index (χ4n) is 2.29. The second kappa shape index (κ2) is 5.42.